The maximum atomic E-state index is 13.8. The van der Waals surface area contributed by atoms with Gasteiger partial charge in [-0.05, 0) is 65.7 Å². The number of hydrogen-bond donors (Lipinski definition) is 2. The molecular formula is C36H34F2N4O6S2. The van der Waals surface area contributed by atoms with Crippen molar-refractivity contribution >= 4 is 31.7 Å². The summed E-state index contributed by atoms with van der Waals surface area (Å²) in [6.07, 6.45) is 2.87. The number of rotatable bonds is 12. The largest absolute Gasteiger partial charge is 0.485 e. The highest BCUT2D eigenvalue weighted by Crippen LogP contribution is 2.27. The van der Waals surface area contributed by atoms with E-state index in [4.69, 9.17) is 9.47 Å². The SMILES string of the molecule is O=S(=O)(Nc1ncccc1OCc1ccccc1)c1cccc(F)c1.O=S(=O)(Nc1ncccc1OCc1ccccc1)c1ccccc1F.[HH].[HH]. The number of benzene rings is 4. The molecule has 0 spiro atoms. The zero-order valence-electron chi connectivity index (χ0n) is 26.2. The molecule has 2 aromatic heterocycles. The third kappa shape index (κ3) is 9.84. The average molecular weight is 721 g/mol. The summed E-state index contributed by atoms with van der Waals surface area (Å²) in [5.41, 5.74) is 1.86. The number of pyridine rings is 2. The van der Waals surface area contributed by atoms with Gasteiger partial charge >= 0.3 is 0 Å². The number of nitrogens with one attached hydrogen (secondary N) is 2. The zero-order valence-corrected chi connectivity index (χ0v) is 27.8. The van der Waals surface area contributed by atoms with E-state index in [0.29, 0.717) is 0 Å². The van der Waals surface area contributed by atoms with E-state index in [2.05, 4.69) is 19.4 Å². The van der Waals surface area contributed by atoms with E-state index in [1.165, 1.54) is 48.8 Å². The number of sulfonamides is 2. The molecule has 0 atom stereocenters. The fourth-order valence-electron chi connectivity index (χ4n) is 4.30. The highest BCUT2D eigenvalue weighted by molar-refractivity contribution is 7.93. The lowest BCUT2D eigenvalue weighted by molar-refractivity contribution is 0.307. The van der Waals surface area contributed by atoms with Crippen LogP contribution in [0.5, 0.6) is 11.5 Å². The highest BCUT2D eigenvalue weighted by Gasteiger charge is 2.21. The van der Waals surface area contributed by atoms with Crippen LogP contribution < -0.4 is 18.9 Å². The Balaban J connectivity index is 0.000000270. The molecule has 0 bridgehead atoms. The molecule has 0 saturated carbocycles. The standard InChI is InChI=1S/2C18H15FN2O3S.2H2/c19-15-8-4-9-16(12-15)25(22,23)21-18-17(10-5-11-20-18)24-13-14-6-2-1-3-7-14;19-15-9-4-5-11-17(15)25(22,23)21-18-16(10-6-12-20-18)24-13-14-7-2-1-3-8-14;;/h2*1-12H,13H2,(H,20,21);2*1H. The summed E-state index contributed by atoms with van der Waals surface area (Å²) in [4.78, 5) is 7.37. The molecule has 0 saturated heterocycles. The number of anilines is 2. The first kappa shape index (κ1) is 35.4. The third-order valence-corrected chi connectivity index (χ3v) is 9.42. The first-order valence-electron chi connectivity index (χ1n) is 14.9. The molecule has 0 aliphatic heterocycles. The Hall–Kier alpha value is -5.86. The fourth-order valence-corrected chi connectivity index (χ4v) is 6.45. The predicted octanol–water partition coefficient (Wildman–Crippen LogP) is 7.69. The summed E-state index contributed by atoms with van der Waals surface area (Å²) in [6.45, 7) is 0.516. The first-order chi connectivity index (χ1) is 24.1. The van der Waals surface area contributed by atoms with E-state index in [-0.39, 0.29) is 44.1 Å². The van der Waals surface area contributed by atoms with Crippen LogP contribution in [0.2, 0.25) is 0 Å². The van der Waals surface area contributed by atoms with Crippen LogP contribution in [0.15, 0.2) is 156 Å². The van der Waals surface area contributed by atoms with Crippen LogP contribution in [-0.4, -0.2) is 26.8 Å². The van der Waals surface area contributed by atoms with Crippen LogP contribution in [0.4, 0.5) is 20.4 Å². The summed E-state index contributed by atoms with van der Waals surface area (Å²) in [5.74, 6) is -0.885. The van der Waals surface area contributed by atoms with Crippen molar-refractivity contribution in [1.29, 1.82) is 0 Å². The van der Waals surface area contributed by atoms with Gasteiger partial charge in [0.25, 0.3) is 20.0 Å². The van der Waals surface area contributed by atoms with E-state index in [0.717, 1.165) is 23.3 Å². The zero-order chi connectivity index (χ0) is 35.4. The van der Waals surface area contributed by atoms with Gasteiger partial charge in [-0.15, -0.1) is 0 Å². The second kappa shape index (κ2) is 16.5. The molecule has 0 unspecified atom stereocenters. The number of hydrogen-bond acceptors (Lipinski definition) is 8. The van der Waals surface area contributed by atoms with Gasteiger partial charge in [0.05, 0.1) is 4.90 Å². The van der Waals surface area contributed by atoms with Crippen molar-refractivity contribution in [3.05, 3.63) is 169 Å². The van der Waals surface area contributed by atoms with E-state index in [9.17, 15) is 25.6 Å². The summed E-state index contributed by atoms with van der Waals surface area (Å²) >= 11 is 0. The Labute approximate surface area is 291 Å². The Kier molecular flexibility index (Phi) is 11.7. The van der Waals surface area contributed by atoms with Crippen LogP contribution in [0.25, 0.3) is 0 Å². The van der Waals surface area contributed by atoms with Crippen LogP contribution in [0.3, 0.4) is 0 Å². The molecule has 4 aromatic carbocycles. The van der Waals surface area contributed by atoms with E-state index in [1.807, 2.05) is 60.7 Å². The second-order valence-corrected chi connectivity index (χ2v) is 13.7. The third-order valence-electron chi connectivity index (χ3n) is 6.71. The lowest BCUT2D eigenvalue weighted by Gasteiger charge is -2.13. The minimum Gasteiger partial charge on any atom is -0.485 e. The molecule has 6 aromatic rings. The molecule has 50 heavy (non-hydrogen) atoms. The molecule has 10 nitrogen and oxygen atoms in total. The molecule has 260 valence electrons. The van der Waals surface area contributed by atoms with Gasteiger partial charge in [-0.1, -0.05) is 78.9 Å². The maximum Gasteiger partial charge on any atom is 0.266 e. The topological polar surface area (TPSA) is 137 Å². The molecule has 0 aliphatic rings. The van der Waals surface area contributed by atoms with Crippen molar-refractivity contribution in [2.24, 2.45) is 0 Å². The van der Waals surface area contributed by atoms with Crippen molar-refractivity contribution in [2.45, 2.75) is 23.0 Å². The van der Waals surface area contributed by atoms with Gasteiger partial charge in [0.1, 0.15) is 29.7 Å². The van der Waals surface area contributed by atoms with Crippen LogP contribution in [-0.2, 0) is 33.3 Å². The molecule has 0 aliphatic carbocycles. The summed E-state index contributed by atoms with van der Waals surface area (Å²) in [6, 6.07) is 35.2. The van der Waals surface area contributed by atoms with Gasteiger partial charge in [-0.25, -0.2) is 35.6 Å². The Morgan fingerprint density at radius 3 is 1.58 bits per heavy atom. The average Bonchev–Trinajstić information content (AvgIpc) is 3.12. The number of ether oxygens (including phenoxy) is 2. The molecule has 6 rings (SSSR count). The smallest absolute Gasteiger partial charge is 0.266 e. The number of halogens is 2. The van der Waals surface area contributed by atoms with Crippen LogP contribution in [0.1, 0.15) is 14.0 Å². The van der Waals surface area contributed by atoms with Crippen LogP contribution >= 0.6 is 0 Å². The quantitative estimate of drug-likeness (QED) is 0.131. The molecule has 0 amide bonds. The minimum atomic E-state index is -4.12. The van der Waals surface area contributed by atoms with E-state index < -0.39 is 36.6 Å². The van der Waals surface area contributed by atoms with Gasteiger partial charge in [0, 0.05) is 15.2 Å². The molecule has 0 fully saturated rings. The van der Waals surface area contributed by atoms with Crippen LogP contribution in [0, 0.1) is 11.6 Å². The van der Waals surface area contributed by atoms with Gasteiger partial charge in [0.15, 0.2) is 23.1 Å². The molecule has 2 heterocycles. The van der Waals surface area contributed by atoms with Crippen molar-refractivity contribution in [3.63, 3.8) is 0 Å². The van der Waals surface area contributed by atoms with Crippen molar-refractivity contribution in [1.82, 2.24) is 9.97 Å². The minimum absolute atomic E-state index is 0. The maximum absolute atomic E-state index is 13.8. The Morgan fingerprint density at radius 1 is 0.560 bits per heavy atom. The van der Waals surface area contributed by atoms with Crippen molar-refractivity contribution in [2.75, 3.05) is 9.44 Å². The molecule has 2 N–H and O–H groups in total. The van der Waals surface area contributed by atoms with E-state index in [1.54, 1.807) is 24.3 Å². The number of nitrogens with zero attached hydrogens (tertiary/aromatic N) is 2. The van der Waals surface area contributed by atoms with Gasteiger partial charge in [-0.3, -0.25) is 9.44 Å². The Morgan fingerprint density at radius 2 is 1.06 bits per heavy atom. The molecule has 14 heteroatoms. The predicted molar refractivity (Wildman–Crippen MR) is 189 cm³/mol. The Bertz CT molecular complexity index is 2260. The number of aromatic nitrogens is 2. The van der Waals surface area contributed by atoms with E-state index >= 15 is 0 Å². The highest BCUT2D eigenvalue weighted by atomic mass is 32.2. The summed E-state index contributed by atoms with van der Waals surface area (Å²) < 4.78 is 92.6. The molecular weight excluding hydrogens is 687 g/mol. The lowest BCUT2D eigenvalue weighted by Crippen LogP contribution is -2.16. The van der Waals surface area contributed by atoms with Gasteiger partial charge in [-0.2, -0.15) is 0 Å². The van der Waals surface area contributed by atoms with Gasteiger partial charge in [0.2, 0.25) is 0 Å². The normalized spacial score (nSPS) is 11.1. The van der Waals surface area contributed by atoms with Crippen molar-refractivity contribution in [3.8, 4) is 11.5 Å². The van der Waals surface area contributed by atoms with Crippen molar-refractivity contribution < 1.29 is 37.9 Å². The monoisotopic (exact) mass is 720 g/mol. The first-order valence-corrected chi connectivity index (χ1v) is 17.9. The summed E-state index contributed by atoms with van der Waals surface area (Å²) in [7, 11) is -8.09. The second-order valence-electron chi connectivity index (χ2n) is 10.3. The molecule has 0 radical (unpaired) electrons. The lowest BCUT2D eigenvalue weighted by atomic mass is 10.2. The van der Waals surface area contributed by atoms with Gasteiger partial charge < -0.3 is 9.47 Å². The fraction of sp³-hybridized carbons (Fsp3) is 0.0556. The summed E-state index contributed by atoms with van der Waals surface area (Å²) in [5, 5.41) is 0.